The van der Waals surface area contributed by atoms with E-state index in [0.717, 1.165) is 20.8 Å². The minimum atomic E-state index is -2.09. The van der Waals surface area contributed by atoms with Crippen molar-refractivity contribution in [2.24, 2.45) is 16.2 Å². The molecule has 340 valence electrons. The number of hydrogen-bond acceptors (Lipinski definition) is 20. The molecule has 0 heterocycles. The predicted octanol–water partition coefficient (Wildman–Crippen LogP) is -0.0701. The summed E-state index contributed by atoms with van der Waals surface area (Å²) in [6.07, 6.45) is -4.92. The number of esters is 7. The number of carboxylic acid groups (broad SMARTS) is 4. The van der Waals surface area contributed by atoms with Gasteiger partial charge < -0.3 is 63.1 Å². The van der Waals surface area contributed by atoms with Crippen molar-refractivity contribution in [3.8, 4) is 0 Å². The molecule has 0 atom stereocenters. The van der Waals surface area contributed by atoms with Crippen molar-refractivity contribution >= 4 is 65.7 Å². The van der Waals surface area contributed by atoms with E-state index >= 15 is 0 Å². The van der Waals surface area contributed by atoms with Crippen LogP contribution >= 0.6 is 0 Å². The number of hydrogen-bond donors (Lipinski definition) is 4. The highest BCUT2D eigenvalue weighted by molar-refractivity contribution is 5.83. The zero-order valence-corrected chi connectivity index (χ0v) is 33.7. The largest absolute Gasteiger partial charge is 0.481 e. The fourth-order valence-electron chi connectivity index (χ4n) is 3.97. The molecule has 0 unspecified atom stereocenters. The van der Waals surface area contributed by atoms with E-state index in [1.165, 1.54) is 7.11 Å². The molecule has 0 radical (unpaired) electrons. The molecule has 0 spiro atoms. The number of aliphatic carboxylic acids is 4. The van der Waals surface area contributed by atoms with E-state index < -0.39 is 173 Å². The van der Waals surface area contributed by atoms with Gasteiger partial charge in [0.1, 0.15) is 62.5 Å². The second-order valence-electron chi connectivity index (χ2n) is 13.8. The second kappa shape index (κ2) is 27.7. The molecule has 0 aromatic rings. The summed E-state index contributed by atoms with van der Waals surface area (Å²) in [5.74, 6) is -13.3. The average Bonchev–Trinajstić information content (AvgIpc) is 3.19. The van der Waals surface area contributed by atoms with Gasteiger partial charge in [0.25, 0.3) is 0 Å². The van der Waals surface area contributed by atoms with Crippen LogP contribution in [0.25, 0.3) is 0 Å². The molecule has 0 aliphatic rings. The van der Waals surface area contributed by atoms with Gasteiger partial charge in [-0.15, -0.1) is 0 Å². The van der Waals surface area contributed by atoms with Gasteiger partial charge in [-0.05, 0) is 20.8 Å². The van der Waals surface area contributed by atoms with Crippen molar-refractivity contribution in [2.45, 2.75) is 72.1 Å². The Labute approximate surface area is 342 Å². The highest BCUT2D eigenvalue weighted by Gasteiger charge is 2.45. The maximum atomic E-state index is 13.6. The SMILES string of the molecule is COCCOCCOC(=O)C(C)(COC(=O)C(C)(COC(=O)CCC(=O)O)COC(=O)CCC(=O)O)COC(=O)C(C)(COC(=O)CCC(=O)O)COC(=O)CCC(=O)O. The highest BCUT2D eigenvalue weighted by atomic mass is 16.6. The lowest BCUT2D eigenvalue weighted by Crippen LogP contribution is -2.47. The number of methoxy groups -OCH3 is 1. The van der Waals surface area contributed by atoms with Crippen LogP contribution in [0.15, 0.2) is 0 Å². The fraction of sp³-hybridized carbons (Fsp3) is 0.694. The van der Waals surface area contributed by atoms with Gasteiger partial charge in [-0.1, -0.05) is 0 Å². The van der Waals surface area contributed by atoms with E-state index in [2.05, 4.69) is 0 Å². The summed E-state index contributed by atoms with van der Waals surface area (Å²) in [6, 6.07) is 0. The maximum absolute atomic E-state index is 13.6. The zero-order chi connectivity index (χ0) is 45.9. The van der Waals surface area contributed by atoms with E-state index in [9.17, 15) is 52.7 Å². The molecule has 24 heteroatoms. The van der Waals surface area contributed by atoms with Gasteiger partial charge in [-0.2, -0.15) is 0 Å². The van der Waals surface area contributed by atoms with Crippen LogP contribution < -0.4 is 0 Å². The molecule has 60 heavy (non-hydrogen) atoms. The molecular formula is C36H52O24. The van der Waals surface area contributed by atoms with Crippen LogP contribution in [-0.4, -0.2) is 159 Å². The van der Waals surface area contributed by atoms with Crippen molar-refractivity contribution < 1.29 is 116 Å². The second-order valence-corrected chi connectivity index (χ2v) is 13.8. The van der Waals surface area contributed by atoms with Crippen molar-refractivity contribution in [1.82, 2.24) is 0 Å². The third-order valence-electron chi connectivity index (χ3n) is 7.79. The number of ether oxygens (including phenoxy) is 9. The molecule has 0 amide bonds. The van der Waals surface area contributed by atoms with Crippen molar-refractivity contribution in [3.63, 3.8) is 0 Å². The molecule has 0 rings (SSSR count). The molecule has 0 aromatic carbocycles. The van der Waals surface area contributed by atoms with Crippen LogP contribution in [0.1, 0.15) is 72.1 Å². The van der Waals surface area contributed by atoms with E-state index in [4.69, 9.17) is 63.1 Å². The predicted molar refractivity (Wildman–Crippen MR) is 191 cm³/mol. The molecule has 0 saturated heterocycles. The summed E-state index contributed by atoms with van der Waals surface area (Å²) in [5, 5.41) is 35.4. The van der Waals surface area contributed by atoms with E-state index in [1.54, 1.807) is 0 Å². The third-order valence-corrected chi connectivity index (χ3v) is 7.79. The van der Waals surface area contributed by atoms with E-state index in [-0.39, 0.29) is 26.4 Å². The molecule has 0 bridgehead atoms. The van der Waals surface area contributed by atoms with Crippen LogP contribution in [-0.2, 0) is 95.4 Å². The first-order valence-corrected chi connectivity index (χ1v) is 18.1. The minimum absolute atomic E-state index is 0.126. The Morgan fingerprint density at radius 2 is 0.600 bits per heavy atom. The molecule has 4 N–H and O–H groups in total. The molecule has 0 aliphatic heterocycles. The van der Waals surface area contributed by atoms with Gasteiger partial charge in [0, 0.05) is 7.11 Å². The van der Waals surface area contributed by atoms with Crippen LogP contribution in [0.2, 0.25) is 0 Å². The fourth-order valence-corrected chi connectivity index (χ4v) is 3.97. The summed E-state index contributed by atoms with van der Waals surface area (Å²) >= 11 is 0. The lowest BCUT2D eigenvalue weighted by atomic mass is 9.90. The molecule has 0 saturated carbocycles. The topological polar surface area (TPSA) is 352 Å². The summed E-state index contributed by atoms with van der Waals surface area (Å²) in [6.45, 7) is -2.17. The molecule has 0 aromatic heterocycles. The normalized spacial score (nSPS) is 11.3. The van der Waals surface area contributed by atoms with Gasteiger partial charge in [0.15, 0.2) is 0 Å². The third kappa shape index (κ3) is 23.5. The first-order chi connectivity index (χ1) is 28.0. The van der Waals surface area contributed by atoms with Gasteiger partial charge in [-0.3, -0.25) is 52.7 Å². The molecule has 24 nitrogen and oxygen atoms in total. The quantitative estimate of drug-likeness (QED) is 0.0381. The standard InChI is InChI=1S/C36H52O24/c1-34(17-55-27(45)9-5-23(37)38,18-56-28(46)10-6-24(39)40)32(50)59-21-36(3,31(49)54-16-15-53-14-13-52-4)22-60-33(51)35(2,19-57-29(47)11-7-25(41)42)20-58-30(48)12-8-26(43)44/h5-22H2,1-4H3,(H,37,38)(H,39,40)(H,41,42)(H,43,44). The van der Waals surface area contributed by atoms with Gasteiger partial charge >= 0.3 is 65.7 Å². The van der Waals surface area contributed by atoms with Gasteiger partial charge in [-0.25, -0.2) is 0 Å². The van der Waals surface area contributed by atoms with Crippen LogP contribution in [0.3, 0.4) is 0 Å². The smallest absolute Gasteiger partial charge is 0.318 e. The van der Waals surface area contributed by atoms with Crippen LogP contribution in [0, 0.1) is 16.2 Å². The highest BCUT2D eigenvalue weighted by Crippen LogP contribution is 2.28. The van der Waals surface area contributed by atoms with Crippen molar-refractivity contribution in [3.05, 3.63) is 0 Å². The molecule has 0 aliphatic carbocycles. The summed E-state index contributed by atoms with van der Waals surface area (Å²) in [4.78, 5) is 133. The minimum Gasteiger partial charge on any atom is -0.481 e. The number of carbonyl (C=O) groups is 11. The number of carbonyl (C=O) groups excluding carboxylic acids is 7. The molecular weight excluding hydrogens is 816 g/mol. The first-order valence-electron chi connectivity index (χ1n) is 18.1. The Balaban J connectivity index is 6.43. The Morgan fingerprint density at radius 1 is 0.350 bits per heavy atom. The Kier molecular flexibility index (Phi) is 25.0. The van der Waals surface area contributed by atoms with Gasteiger partial charge in [0.05, 0.1) is 71.2 Å². The summed E-state index contributed by atoms with van der Waals surface area (Å²) < 4.78 is 46.3. The lowest BCUT2D eigenvalue weighted by Gasteiger charge is -2.32. The van der Waals surface area contributed by atoms with Crippen LogP contribution in [0.5, 0.6) is 0 Å². The first kappa shape index (κ1) is 54.1. The average molecular weight is 869 g/mol. The Hall–Kier alpha value is -5.91. The van der Waals surface area contributed by atoms with Crippen LogP contribution in [0.4, 0.5) is 0 Å². The number of rotatable bonds is 33. The van der Waals surface area contributed by atoms with Crippen molar-refractivity contribution in [2.75, 3.05) is 73.2 Å². The van der Waals surface area contributed by atoms with Gasteiger partial charge in [0.2, 0.25) is 0 Å². The lowest BCUT2D eigenvalue weighted by molar-refractivity contribution is -0.183. The zero-order valence-electron chi connectivity index (χ0n) is 33.7. The van der Waals surface area contributed by atoms with E-state index in [0.29, 0.717) is 0 Å². The van der Waals surface area contributed by atoms with Crippen molar-refractivity contribution in [1.29, 1.82) is 0 Å². The number of carboxylic acids is 4. The Bertz CT molecular complexity index is 1350. The Morgan fingerprint density at radius 3 is 0.867 bits per heavy atom. The summed E-state index contributed by atoms with van der Waals surface area (Å²) in [5.41, 5.74) is -6.20. The molecule has 0 fully saturated rings. The monoisotopic (exact) mass is 868 g/mol. The van der Waals surface area contributed by atoms with E-state index in [1.807, 2.05) is 0 Å². The maximum Gasteiger partial charge on any atom is 0.318 e. The summed E-state index contributed by atoms with van der Waals surface area (Å²) in [7, 11) is 1.42.